The lowest BCUT2D eigenvalue weighted by Crippen LogP contribution is -2.14. The molecule has 0 heterocycles. The zero-order valence-electron chi connectivity index (χ0n) is 7.69. The van der Waals surface area contributed by atoms with E-state index in [-0.39, 0.29) is 0 Å². The Morgan fingerprint density at radius 1 is 1.62 bits per heavy atom. The first-order chi connectivity index (χ1) is 5.93. The van der Waals surface area contributed by atoms with Gasteiger partial charge in [-0.25, -0.2) is 4.79 Å². The van der Waals surface area contributed by atoms with E-state index >= 15 is 0 Å². The Bertz CT molecular complexity index is 171. The Labute approximate surface area is 76.6 Å². The molecule has 0 aliphatic rings. The maximum absolute atomic E-state index is 10.3. The van der Waals surface area contributed by atoms with Gasteiger partial charge in [-0.3, -0.25) is 4.79 Å². The summed E-state index contributed by atoms with van der Waals surface area (Å²) in [6, 6.07) is 0. The van der Waals surface area contributed by atoms with Gasteiger partial charge in [0.2, 0.25) is 6.29 Å². The molecule has 76 valence electrons. The van der Waals surface area contributed by atoms with Crippen LogP contribution >= 0.6 is 0 Å². The normalized spacial score (nSPS) is 10.4. The summed E-state index contributed by atoms with van der Waals surface area (Å²) in [7, 11) is 0. The van der Waals surface area contributed by atoms with Crippen LogP contribution in [0.3, 0.4) is 0 Å². The van der Waals surface area contributed by atoms with Crippen molar-refractivity contribution >= 4 is 11.9 Å². The Kier molecular flexibility index (Phi) is 9.53. The molecule has 0 aromatic heterocycles. The van der Waals surface area contributed by atoms with Gasteiger partial charge in [0.1, 0.15) is 0 Å². The summed E-state index contributed by atoms with van der Waals surface area (Å²) < 4.78 is 4.35. The molecule has 0 rings (SSSR count). The Morgan fingerprint density at radius 3 is 2.23 bits per heavy atom. The van der Waals surface area contributed by atoms with Gasteiger partial charge in [-0.05, 0) is 0 Å². The fourth-order valence-corrected chi connectivity index (χ4v) is 0.266. The van der Waals surface area contributed by atoms with Crippen LogP contribution in [0.5, 0.6) is 0 Å². The summed E-state index contributed by atoms with van der Waals surface area (Å²) in [6.45, 7) is 5.95. The molecular weight excluding hydrogens is 176 g/mol. The molecule has 0 saturated heterocycles. The molecule has 0 fully saturated rings. The van der Waals surface area contributed by atoms with Crippen molar-refractivity contribution in [2.45, 2.75) is 26.6 Å². The second kappa shape index (κ2) is 8.73. The summed E-state index contributed by atoms with van der Waals surface area (Å²) in [6.07, 6.45) is 0.425. The SMILES string of the molecule is C=CC(=O)OC(O)CC.CC(=O)O. The second-order valence-electron chi connectivity index (χ2n) is 2.02. The zero-order chi connectivity index (χ0) is 10.9. The van der Waals surface area contributed by atoms with Crippen molar-refractivity contribution in [3.63, 3.8) is 0 Å². The standard InChI is InChI=1S/C6H10O3.C2H4O2/c1-3-5(7)9-6(8)4-2;1-2(3)4/h3,6,8H,1,4H2,2H3;1H3,(H,3,4). The number of esters is 1. The summed E-state index contributed by atoms with van der Waals surface area (Å²) >= 11 is 0. The molecular formula is C8H14O5. The number of rotatable bonds is 3. The van der Waals surface area contributed by atoms with E-state index in [2.05, 4.69) is 11.3 Å². The van der Waals surface area contributed by atoms with Crippen molar-refractivity contribution in [2.24, 2.45) is 0 Å². The minimum Gasteiger partial charge on any atom is -0.481 e. The first kappa shape index (κ1) is 14.2. The molecule has 0 aromatic rings. The first-order valence-corrected chi connectivity index (χ1v) is 3.64. The molecule has 0 aliphatic heterocycles. The number of hydrogen-bond acceptors (Lipinski definition) is 4. The summed E-state index contributed by atoms with van der Waals surface area (Å²) in [5, 5.41) is 16.1. The quantitative estimate of drug-likeness (QED) is 0.385. The zero-order valence-corrected chi connectivity index (χ0v) is 7.69. The van der Waals surface area contributed by atoms with Gasteiger partial charge in [0, 0.05) is 19.4 Å². The average molecular weight is 190 g/mol. The highest BCUT2D eigenvalue weighted by atomic mass is 16.6. The van der Waals surface area contributed by atoms with Gasteiger partial charge in [0.15, 0.2) is 0 Å². The van der Waals surface area contributed by atoms with E-state index in [0.29, 0.717) is 6.42 Å². The van der Waals surface area contributed by atoms with Crippen LogP contribution in [0.25, 0.3) is 0 Å². The number of carboxylic acids is 1. The average Bonchev–Trinajstić information content (AvgIpc) is 2.03. The van der Waals surface area contributed by atoms with Gasteiger partial charge >= 0.3 is 5.97 Å². The van der Waals surface area contributed by atoms with Crippen LogP contribution in [-0.4, -0.2) is 28.4 Å². The number of carbonyl (C=O) groups excluding carboxylic acids is 1. The topological polar surface area (TPSA) is 83.8 Å². The molecule has 0 amide bonds. The molecule has 0 aromatic carbocycles. The van der Waals surface area contributed by atoms with Gasteiger partial charge in [-0.15, -0.1) is 0 Å². The minimum atomic E-state index is -0.990. The molecule has 0 spiro atoms. The number of hydrogen-bond donors (Lipinski definition) is 2. The van der Waals surface area contributed by atoms with Gasteiger partial charge < -0.3 is 14.9 Å². The van der Waals surface area contributed by atoms with E-state index in [4.69, 9.17) is 15.0 Å². The number of aliphatic hydroxyl groups excluding tert-OH is 1. The monoisotopic (exact) mass is 190 g/mol. The Hall–Kier alpha value is -1.36. The van der Waals surface area contributed by atoms with Gasteiger partial charge in [0.25, 0.3) is 5.97 Å². The van der Waals surface area contributed by atoms with E-state index in [1.54, 1.807) is 6.92 Å². The van der Waals surface area contributed by atoms with Crippen molar-refractivity contribution in [3.05, 3.63) is 12.7 Å². The lowest BCUT2D eigenvalue weighted by atomic mass is 10.5. The molecule has 0 aliphatic carbocycles. The van der Waals surface area contributed by atoms with Gasteiger partial charge in [-0.2, -0.15) is 0 Å². The molecule has 5 heteroatoms. The summed E-state index contributed by atoms with van der Waals surface area (Å²) in [4.78, 5) is 19.3. The Balaban J connectivity index is 0. The van der Waals surface area contributed by atoms with Crippen molar-refractivity contribution in [2.75, 3.05) is 0 Å². The van der Waals surface area contributed by atoms with Crippen LogP contribution in [0.2, 0.25) is 0 Å². The first-order valence-electron chi connectivity index (χ1n) is 3.64. The Morgan fingerprint density at radius 2 is 2.00 bits per heavy atom. The molecule has 0 bridgehead atoms. The maximum atomic E-state index is 10.3. The lowest BCUT2D eigenvalue weighted by molar-refractivity contribution is -0.161. The largest absolute Gasteiger partial charge is 0.481 e. The third kappa shape index (κ3) is 18.0. The number of aliphatic carboxylic acids is 1. The van der Waals surface area contributed by atoms with Crippen molar-refractivity contribution < 1.29 is 24.5 Å². The number of aliphatic hydroxyl groups is 1. The highest BCUT2D eigenvalue weighted by Crippen LogP contribution is 1.92. The van der Waals surface area contributed by atoms with Crippen LogP contribution in [-0.2, 0) is 14.3 Å². The van der Waals surface area contributed by atoms with Crippen LogP contribution in [0.1, 0.15) is 20.3 Å². The highest BCUT2D eigenvalue weighted by Gasteiger charge is 2.02. The second-order valence-corrected chi connectivity index (χ2v) is 2.02. The number of ether oxygens (including phenoxy) is 1. The van der Waals surface area contributed by atoms with E-state index < -0.39 is 18.2 Å². The fraction of sp³-hybridized carbons (Fsp3) is 0.500. The minimum absolute atomic E-state index is 0.402. The number of carboxylic acid groups (broad SMARTS) is 1. The smallest absolute Gasteiger partial charge is 0.332 e. The van der Waals surface area contributed by atoms with Crippen molar-refractivity contribution in [1.29, 1.82) is 0 Å². The van der Waals surface area contributed by atoms with Gasteiger partial charge in [0.05, 0.1) is 0 Å². The predicted molar refractivity (Wildman–Crippen MR) is 45.9 cm³/mol. The molecule has 13 heavy (non-hydrogen) atoms. The third-order valence-electron chi connectivity index (χ3n) is 0.768. The van der Waals surface area contributed by atoms with E-state index in [1.165, 1.54) is 0 Å². The fourth-order valence-electron chi connectivity index (χ4n) is 0.266. The predicted octanol–water partition coefficient (Wildman–Crippen LogP) is 0.535. The summed E-state index contributed by atoms with van der Waals surface area (Å²) in [5.74, 6) is -1.43. The van der Waals surface area contributed by atoms with E-state index in [1.807, 2.05) is 0 Å². The van der Waals surface area contributed by atoms with Crippen molar-refractivity contribution in [1.82, 2.24) is 0 Å². The lowest BCUT2D eigenvalue weighted by Gasteiger charge is -2.05. The van der Waals surface area contributed by atoms with E-state index in [0.717, 1.165) is 13.0 Å². The van der Waals surface area contributed by atoms with Crippen LogP contribution < -0.4 is 0 Å². The number of carbonyl (C=O) groups is 2. The molecule has 1 atom stereocenters. The van der Waals surface area contributed by atoms with Gasteiger partial charge in [-0.1, -0.05) is 13.5 Å². The molecule has 0 radical (unpaired) electrons. The van der Waals surface area contributed by atoms with Crippen LogP contribution in [0.15, 0.2) is 12.7 Å². The summed E-state index contributed by atoms with van der Waals surface area (Å²) in [5.41, 5.74) is 0. The van der Waals surface area contributed by atoms with Crippen molar-refractivity contribution in [3.8, 4) is 0 Å². The van der Waals surface area contributed by atoms with E-state index in [9.17, 15) is 4.79 Å². The van der Waals surface area contributed by atoms with Crippen LogP contribution in [0.4, 0.5) is 0 Å². The molecule has 0 saturated carbocycles. The molecule has 5 nitrogen and oxygen atoms in total. The van der Waals surface area contributed by atoms with Crippen LogP contribution in [0, 0.1) is 0 Å². The maximum Gasteiger partial charge on any atom is 0.332 e. The highest BCUT2D eigenvalue weighted by molar-refractivity contribution is 5.81. The third-order valence-corrected chi connectivity index (χ3v) is 0.768. The molecule has 1 unspecified atom stereocenters. The molecule has 2 N–H and O–H groups in total.